The molecule has 0 saturated carbocycles. The first-order valence-corrected chi connectivity index (χ1v) is 10.00. The van der Waals surface area contributed by atoms with E-state index in [4.69, 9.17) is 8.92 Å². The van der Waals surface area contributed by atoms with Crippen LogP contribution in [0.1, 0.15) is 27.2 Å². The molecular weight excluding hydrogens is 408 g/mol. The van der Waals surface area contributed by atoms with Crippen LogP contribution in [0.4, 0.5) is 10.5 Å². The summed E-state index contributed by atoms with van der Waals surface area (Å²) in [6, 6.07) is 3.11. The van der Waals surface area contributed by atoms with Crippen LogP contribution in [-0.4, -0.2) is 61.7 Å². The van der Waals surface area contributed by atoms with Gasteiger partial charge < -0.3 is 9.47 Å². The predicted octanol–water partition coefficient (Wildman–Crippen LogP) is 1.85. The highest BCUT2D eigenvalue weighted by Gasteiger charge is 2.44. The number of methoxy groups -OCH3 is 1. The molecule has 12 heteroatoms. The average Bonchev–Trinajstić information content (AvgIpc) is 3.03. The Balaban J connectivity index is 2.18. The summed E-state index contributed by atoms with van der Waals surface area (Å²) in [5, 5.41) is 10.7. The SMILES string of the molecule is COC(=O)[C@@H]1C[C@@H](OS(=O)(=O)c2ccc([N+](=O)[O-])cc2)CN1C(=O)OC(C)(C)C. The van der Waals surface area contributed by atoms with Gasteiger partial charge in [0.25, 0.3) is 15.8 Å². The van der Waals surface area contributed by atoms with Crippen molar-refractivity contribution in [2.24, 2.45) is 0 Å². The third-order valence-electron chi connectivity index (χ3n) is 3.96. The van der Waals surface area contributed by atoms with Gasteiger partial charge >= 0.3 is 12.1 Å². The fraction of sp³-hybridized carbons (Fsp3) is 0.529. The summed E-state index contributed by atoms with van der Waals surface area (Å²) in [5.41, 5.74) is -1.09. The first-order chi connectivity index (χ1) is 13.3. The van der Waals surface area contributed by atoms with Crippen molar-refractivity contribution >= 4 is 27.9 Å². The van der Waals surface area contributed by atoms with Gasteiger partial charge in [0, 0.05) is 18.6 Å². The second-order valence-corrected chi connectivity index (χ2v) is 8.90. The number of nitro groups is 1. The number of hydrogen-bond acceptors (Lipinski definition) is 9. The molecule has 0 bridgehead atoms. The Morgan fingerprint density at radius 1 is 1.21 bits per heavy atom. The first kappa shape index (κ1) is 22.6. The third kappa shape index (κ3) is 5.64. The molecule has 29 heavy (non-hydrogen) atoms. The number of carbonyl (C=O) groups excluding carboxylic acids is 2. The number of benzene rings is 1. The minimum absolute atomic E-state index is 0.113. The number of rotatable bonds is 5. The van der Waals surface area contributed by atoms with Gasteiger partial charge in [0.05, 0.1) is 29.6 Å². The number of carbonyl (C=O) groups is 2. The second-order valence-electron chi connectivity index (χ2n) is 7.33. The van der Waals surface area contributed by atoms with Gasteiger partial charge in [-0.25, -0.2) is 9.59 Å². The number of nitrogens with zero attached hydrogens (tertiary/aromatic N) is 2. The molecule has 0 aromatic heterocycles. The Labute approximate surface area is 167 Å². The van der Waals surface area contributed by atoms with Crippen molar-refractivity contribution in [3.05, 3.63) is 34.4 Å². The molecule has 1 aromatic carbocycles. The Hall–Kier alpha value is -2.73. The molecule has 0 N–H and O–H groups in total. The third-order valence-corrected chi connectivity index (χ3v) is 5.34. The van der Waals surface area contributed by atoms with Crippen LogP contribution in [0.15, 0.2) is 29.2 Å². The van der Waals surface area contributed by atoms with Crippen LogP contribution in [0.5, 0.6) is 0 Å². The maximum absolute atomic E-state index is 12.5. The van der Waals surface area contributed by atoms with Gasteiger partial charge in [0.2, 0.25) is 0 Å². The van der Waals surface area contributed by atoms with Gasteiger partial charge in [0.15, 0.2) is 0 Å². The molecule has 11 nitrogen and oxygen atoms in total. The molecule has 1 heterocycles. The van der Waals surface area contributed by atoms with Crippen LogP contribution in [-0.2, 0) is 28.6 Å². The van der Waals surface area contributed by atoms with Crippen LogP contribution >= 0.6 is 0 Å². The van der Waals surface area contributed by atoms with Crippen molar-refractivity contribution < 1.29 is 36.6 Å². The van der Waals surface area contributed by atoms with Crippen LogP contribution in [0.3, 0.4) is 0 Å². The zero-order valence-electron chi connectivity index (χ0n) is 16.4. The smallest absolute Gasteiger partial charge is 0.411 e. The van der Waals surface area contributed by atoms with E-state index in [9.17, 15) is 28.1 Å². The van der Waals surface area contributed by atoms with E-state index in [1.165, 1.54) is 0 Å². The highest BCUT2D eigenvalue weighted by molar-refractivity contribution is 7.86. The van der Waals surface area contributed by atoms with E-state index in [1.54, 1.807) is 20.8 Å². The fourth-order valence-corrected chi connectivity index (χ4v) is 3.80. The van der Waals surface area contributed by atoms with Crippen LogP contribution in [0, 0.1) is 10.1 Å². The number of esters is 1. The lowest BCUT2D eigenvalue weighted by molar-refractivity contribution is -0.384. The molecule has 2 atom stereocenters. The maximum Gasteiger partial charge on any atom is 0.411 e. The van der Waals surface area contributed by atoms with E-state index < -0.39 is 44.9 Å². The summed E-state index contributed by atoms with van der Waals surface area (Å²) >= 11 is 0. The van der Waals surface area contributed by atoms with E-state index in [-0.39, 0.29) is 23.5 Å². The number of ether oxygens (including phenoxy) is 2. The minimum atomic E-state index is -4.28. The molecule has 1 saturated heterocycles. The van der Waals surface area contributed by atoms with Crippen LogP contribution < -0.4 is 0 Å². The molecule has 0 unspecified atom stereocenters. The normalized spacial score (nSPS) is 19.7. The largest absolute Gasteiger partial charge is 0.467 e. The highest BCUT2D eigenvalue weighted by atomic mass is 32.2. The summed E-state index contributed by atoms with van der Waals surface area (Å²) in [6.07, 6.45) is -1.93. The predicted molar refractivity (Wildman–Crippen MR) is 98.5 cm³/mol. The van der Waals surface area contributed by atoms with Gasteiger partial charge in [-0.05, 0) is 32.9 Å². The lowest BCUT2D eigenvalue weighted by Crippen LogP contribution is -2.44. The van der Waals surface area contributed by atoms with E-state index in [0.29, 0.717) is 0 Å². The lowest BCUT2D eigenvalue weighted by atomic mass is 10.2. The molecule has 1 aliphatic heterocycles. The zero-order valence-corrected chi connectivity index (χ0v) is 17.2. The van der Waals surface area contributed by atoms with Gasteiger partial charge in [0.1, 0.15) is 11.6 Å². The van der Waals surface area contributed by atoms with Crippen molar-refractivity contribution in [2.45, 2.75) is 49.8 Å². The van der Waals surface area contributed by atoms with Crippen molar-refractivity contribution in [2.75, 3.05) is 13.7 Å². The Morgan fingerprint density at radius 3 is 2.28 bits per heavy atom. The quantitative estimate of drug-likeness (QED) is 0.296. The number of non-ortho nitro benzene ring substituents is 1. The van der Waals surface area contributed by atoms with Gasteiger partial charge in [-0.1, -0.05) is 0 Å². The van der Waals surface area contributed by atoms with E-state index >= 15 is 0 Å². The molecule has 1 aliphatic rings. The molecule has 0 spiro atoms. The monoisotopic (exact) mass is 430 g/mol. The fourth-order valence-electron chi connectivity index (χ4n) is 2.72. The zero-order chi connectivity index (χ0) is 22.0. The minimum Gasteiger partial charge on any atom is -0.467 e. The van der Waals surface area contributed by atoms with Crippen molar-refractivity contribution in [1.82, 2.24) is 4.90 Å². The standard InChI is InChI=1S/C17H22N2O9S/c1-17(2,3)27-16(21)18-10-12(9-14(18)15(20)26-4)28-29(24,25)13-7-5-11(6-8-13)19(22)23/h5-8,12,14H,9-10H2,1-4H3/t12-,14+/m1/s1. The van der Waals surface area contributed by atoms with Gasteiger partial charge in [-0.2, -0.15) is 8.42 Å². The maximum atomic E-state index is 12.5. The summed E-state index contributed by atoms with van der Waals surface area (Å²) in [5.74, 6) is -0.727. The number of likely N-dealkylation sites (tertiary alicyclic amines) is 1. The molecule has 1 aromatic rings. The average molecular weight is 430 g/mol. The van der Waals surface area contributed by atoms with Gasteiger partial charge in [-0.3, -0.25) is 19.2 Å². The van der Waals surface area contributed by atoms with E-state index in [1.807, 2.05) is 0 Å². The summed E-state index contributed by atoms with van der Waals surface area (Å²) < 4.78 is 40.1. The van der Waals surface area contributed by atoms with Crippen LogP contribution in [0.2, 0.25) is 0 Å². The van der Waals surface area contributed by atoms with Crippen molar-refractivity contribution in [1.29, 1.82) is 0 Å². The van der Waals surface area contributed by atoms with E-state index in [0.717, 1.165) is 36.3 Å². The van der Waals surface area contributed by atoms with Crippen molar-refractivity contribution in [3.63, 3.8) is 0 Å². The second kappa shape index (κ2) is 8.33. The number of nitro benzene ring substituents is 1. The number of hydrogen-bond donors (Lipinski definition) is 0. The molecule has 160 valence electrons. The summed E-state index contributed by atoms with van der Waals surface area (Å²) in [6.45, 7) is 4.75. The number of amides is 1. The first-order valence-electron chi connectivity index (χ1n) is 8.59. The molecule has 0 aliphatic carbocycles. The Kier molecular flexibility index (Phi) is 6.48. The Morgan fingerprint density at radius 2 is 1.79 bits per heavy atom. The summed E-state index contributed by atoms with van der Waals surface area (Å²) in [7, 11) is -3.13. The molecule has 0 radical (unpaired) electrons. The van der Waals surface area contributed by atoms with Crippen molar-refractivity contribution in [3.8, 4) is 0 Å². The molecule has 1 fully saturated rings. The lowest BCUT2D eigenvalue weighted by Gasteiger charge is -2.27. The highest BCUT2D eigenvalue weighted by Crippen LogP contribution is 2.27. The molecular formula is C17H22N2O9S. The van der Waals surface area contributed by atoms with Crippen LogP contribution in [0.25, 0.3) is 0 Å². The summed E-state index contributed by atoms with van der Waals surface area (Å²) in [4.78, 5) is 35.3. The topological polar surface area (TPSA) is 142 Å². The van der Waals surface area contributed by atoms with E-state index in [2.05, 4.69) is 4.74 Å². The Bertz CT molecular complexity index is 890. The van der Waals surface area contributed by atoms with Gasteiger partial charge in [-0.15, -0.1) is 0 Å². The molecule has 2 rings (SSSR count). The molecule has 1 amide bonds.